The number of para-hydroxylation sites is 1. The molecule has 0 radical (unpaired) electrons. The highest BCUT2D eigenvalue weighted by molar-refractivity contribution is 5.63. The molecule has 1 aromatic carbocycles. The van der Waals surface area contributed by atoms with Crippen molar-refractivity contribution in [2.24, 2.45) is 0 Å². The molecular weight excluding hydrogens is 246 g/mol. The number of benzene rings is 1. The topological polar surface area (TPSA) is 93.9 Å². The zero-order valence-corrected chi connectivity index (χ0v) is 10.1. The summed E-state index contributed by atoms with van der Waals surface area (Å²) in [4.78, 5) is 26.9. The molecule has 19 heavy (non-hydrogen) atoms. The van der Waals surface area contributed by atoms with E-state index in [-0.39, 0.29) is 5.82 Å². The van der Waals surface area contributed by atoms with Crippen LogP contribution >= 0.6 is 0 Å². The zero-order chi connectivity index (χ0) is 13.2. The average molecular weight is 259 g/mol. The van der Waals surface area contributed by atoms with E-state index in [2.05, 4.69) is 20.5 Å². The molecule has 2 heterocycles. The molecule has 0 bridgehead atoms. The Morgan fingerprint density at radius 2 is 2.05 bits per heavy atom. The zero-order valence-electron chi connectivity index (χ0n) is 10.1. The molecule has 0 fully saturated rings. The number of aromatic nitrogens is 3. The highest BCUT2D eigenvalue weighted by atomic mass is 16.2. The molecule has 3 rings (SSSR count). The second-order valence-corrected chi connectivity index (χ2v) is 4.29. The van der Waals surface area contributed by atoms with Gasteiger partial charge in [0, 0.05) is 25.3 Å². The van der Waals surface area contributed by atoms with Crippen molar-refractivity contribution in [1.29, 1.82) is 0 Å². The summed E-state index contributed by atoms with van der Waals surface area (Å²) in [5.41, 5.74) is 0.931. The minimum atomic E-state index is -0.602. The smallest absolute Gasteiger partial charge is 0.319 e. The van der Waals surface area contributed by atoms with E-state index in [1.165, 1.54) is 0 Å². The first-order chi connectivity index (χ1) is 9.25. The molecule has 0 amide bonds. The first kappa shape index (κ1) is 11.7. The van der Waals surface area contributed by atoms with Crippen LogP contribution in [0.2, 0.25) is 0 Å². The van der Waals surface area contributed by atoms with E-state index < -0.39 is 11.2 Å². The summed E-state index contributed by atoms with van der Waals surface area (Å²) >= 11 is 0. The van der Waals surface area contributed by atoms with Crippen molar-refractivity contribution < 1.29 is 0 Å². The molecule has 0 atom stereocenters. The molecule has 98 valence electrons. The largest absolute Gasteiger partial charge is 0.342 e. The van der Waals surface area contributed by atoms with Gasteiger partial charge < -0.3 is 10.2 Å². The summed E-state index contributed by atoms with van der Waals surface area (Å²) in [6.45, 7) is 2.09. The summed E-state index contributed by atoms with van der Waals surface area (Å²) in [7, 11) is 0. The van der Waals surface area contributed by atoms with Crippen LogP contribution in [0.3, 0.4) is 0 Å². The van der Waals surface area contributed by atoms with Gasteiger partial charge >= 0.3 is 5.69 Å². The molecule has 1 aromatic heterocycles. The molecule has 0 unspecified atom stereocenters. The monoisotopic (exact) mass is 259 g/mol. The lowest BCUT2D eigenvalue weighted by molar-refractivity contribution is 0.707. The fraction of sp³-hybridized carbons (Fsp3) is 0.250. The lowest BCUT2D eigenvalue weighted by atomic mass is 10.1. The Morgan fingerprint density at radius 1 is 1.21 bits per heavy atom. The summed E-state index contributed by atoms with van der Waals surface area (Å²) < 4.78 is 0. The van der Waals surface area contributed by atoms with E-state index in [9.17, 15) is 9.59 Å². The van der Waals surface area contributed by atoms with Crippen LogP contribution in [0.5, 0.6) is 0 Å². The number of rotatable bonds is 1. The first-order valence-corrected chi connectivity index (χ1v) is 6.01. The van der Waals surface area contributed by atoms with Crippen LogP contribution in [-0.2, 0) is 6.54 Å². The van der Waals surface area contributed by atoms with E-state index in [4.69, 9.17) is 0 Å². The maximum absolute atomic E-state index is 11.9. The second kappa shape index (κ2) is 4.69. The van der Waals surface area contributed by atoms with Gasteiger partial charge in [-0.05, 0) is 11.6 Å². The normalized spacial score (nSPS) is 14.8. The van der Waals surface area contributed by atoms with Crippen molar-refractivity contribution in [3.05, 3.63) is 50.7 Å². The van der Waals surface area contributed by atoms with Crippen molar-refractivity contribution in [2.45, 2.75) is 6.54 Å². The summed E-state index contributed by atoms with van der Waals surface area (Å²) in [5, 5.41) is 9.41. The van der Waals surface area contributed by atoms with Crippen LogP contribution in [0.15, 0.2) is 33.9 Å². The van der Waals surface area contributed by atoms with Gasteiger partial charge in [0.15, 0.2) is 0 Å². The Labute approximate surface area is 108 Å². The first-order valence-electron chi connectivity index (χ1n) is 6.01. The van der Waals surface area contributed by atoms with Gasteiger partial charge in [0.1, 0.15) is 0 Å². The van der Waals surface area contributed by atoms with Gasteiger partial charge in [-0.25, -0.2) is 9.89 Å². The maximum atomic E-state index is 11.9. The second-order valence-electron chi connectivity index (χ2n) is 4.29. The molecule has 7 heteroatoms. The van der Waals surface area contributed by atoms with E-state index in [0.29, 0.717) is 6.54 Å². The van der Waals surface area contributed by atoms with Gasteiger partial charge in [0.25, 0.3) is 5.56 Å². The Balaban J connectivity index is 2.14. The van der Waals surface area contributed by atoms with E-state index in [1.54, 1.807) is 0 Å². The van der Waals surface area contributed by atoms with Gasteiger partial charge in [-0.15, -0.1) is 5.10 Å². The van der Waals surface area contributed by atoms with Gasteiger partial charge in [-0.1, -0.05) is 18.2 Å². The maximum Gasteiger partial charge on any atom is 0.342 e. The average Bonchev–Trinajstić information content (AvgIpc) is 2.61. The molecule has 0 aliphatic carbocycles. The third-order valence-corrected chi connectivity index (χ3v) is 3.06. The Bertz CT molecular complexity index is 706. The predicted octanol–water partition coefficient (Wildman–Crippen LogP) is -0.301. The number of fused-ring (bicyclic) bond motifs is 1. The van der Waals surface area contributed by atoms with Crippen LogP contribution in [0.25, 0.3) is 0 Å². The molecular formula is C12H13N5O2. The fourth-order valence-electron chi connectivity index (χ4n) is 2.20. The highest BCUT2D eigenvalue weighted by Crippen LogP contribution is 2.25. The van der Waals surface area contributed by atoms with E-state index in [1.807, 2.05) is 29.2 Å². The molecule has 0 spiro atoms. The number of nitrogens with zero attached hydrogens (tertiary/aromatic N) is 2. The van der Waals surface area contributed by atoms with Crippen molar-refractivity contribution in [2.75, 3.05) is 18.0 Å². The number of nitrogens with one attached hydrogen (secondary N) is 3. The number of anilines is 2. The van der Waals surface area contributed by atoms with Gasteiger partial charge in [-0.2, -0.15) is 0 Å². The molecule has 3 N–H and O–H groups in total. The quantitative estimate of drug-likeness (QED) is 0.653. The van der Waals surface area contributed by atoms with Gasteiger partial charge in [-0.3, -0.25) is 9.78 Å². The van der Waals surface area contributed by atoms with E-state index in [0.717, 1.165) is 24.3 Å². The Hall–Kier alpha value is -2.41. The van der Waals surface area contributed by atoms with Gasteiger partial charge in [0.05, 0.1) is 0 Å². The van der Waals surface area contributed by atoms with Crippen molar-refractivity contribution in [3.63, 3.8) is 0 Å². The number of hydrogen-bond donors (Lipinski definition) is 3. The van der Waals surface area contributed by atoms with Crippen LogP contribution in [0, 0.1) is 0 Å². The molecule has 7 nitrogen and oxygen atoms in total. The number of hydrogen-bond acceptors (Lipinski definition) is 5. The Morgan fingerprint density at radius 3 is 2.89 bits per heavy atom. The van der Waals surface area contributed by atoms with Crippen LogP contribution in [-0.4, -0.2) is 28.3 Å². The lowest BCUT2D eigenvalue weighted by Crippen LogP contribution is -2.34. The number of H-pyrrole nitrogens is 2. The number of aromatic amines is 2. The molecule has 1 aliphatic rings. The van der Waals surface area contributed by atoms with Gasteiger partial charge in [0.2, 0.25) is 5.82 Å². The van der Waals surface area contributed by atoms with Crippen molar-refractivity contribution in [3.8, 4) is 0 Å². The van der Waals surface area contributed by atoms with Crippen LogP contribution in [0.1, 0.15) is 5.56 Å². The molecule has 2 aromatic rings. The minimum Gasteiger partial charge on any atom is -0.319 e. The lowest BCUT2D eigenvalue weighted by Gasteiger charge is -2.21. The molecule has 0 saturated carbocycles. The minimum absolute atomic E-state index is 0.204. The van der Waals surface area contributed by atoms with Crippen LogP contribution in [0.4, 0.5) is 11.5 Å². The molecule has 1 aliphatic heterocycles. The standard InChI is InChI=1S/C12H13N5O2/c18-11-10(15-16-12(19)14-11)17-6-5-13-7-8-3-1-2-4-9(8)17/h1-4,13H,5-7H2,(H2,14,16,18,19). The van der Waals surface area contributed by atoms with Crippen molar-refractivity contribution >= 4 is 11.5 Å². The highest BCUT2D eigenvalue weighted by Gasteiger charge is 2.19. The van der Waals surface area contributed by atoms with Crippen molar-refractivity contribution in [1.82, 2.24) is 20.5 Å². The SMILES string of the molecule is O=c1[nH]nc(N2CCNCc3ccccc32)c(=O)[nH]1. The Kier molecular flexibility index (Phi) is 2.88. The third-order valence-electron chi connectivity index (χ3n) is 3.06. The fourth-order valence-corrected chi connectivity index (χ4v) is 2.20. The summed E-state index contributed by atoms with van der Waals surface area (Å²) in [6, 6.07) is 7.81. The predicted molar refractivity (Wildman–Crippen MR) is 70.6 cm³/mol. The van der Waals surface area contributed by atoms with Crippen LogP contribution < -0.4 is 21.5 Å². The summed E-state index contributed by atoms with van der Waals surface area (Å²) in [5.74, 6) is 0.204. The molecule has 0 saturated heterocycles. The van der Waals surface area contributed by atoms with E-state index >= 15 is 0 Å². The third kappa shape index (κ3) is 2.15. The summed E-state index contributed by atoms with van der Waals surface area (Å²) in [6.07, 6.45) is 0.